The van der Waals surface area contributed by atoms with Gasteiger partial charge in [-0.05, 0) is 43.8 Å². The van der Waals surface area contributed by atoms with E-state index in [9.17, 15) is 0 Å². The SMILES string of the molecule is [2H]C1CN(Cc2ccccc2)C([2H])([2H])C([2H])([2H])C1([2H])C([2H])([2H])N([2H])[2H]. The molecule has 82 valence electrons. The van der Waals surface area contributed by atoms with Crippen molar-refractivity contribution in [3.63, 3.8) is 0 Å². The van der Waals surface area contributed by atoms with Crippen LogP contribution in [0.25, 0.3) is 0 Å². The highest BCUT2D eigenvalue weighted by atomic mass is 15.1. The van der Waals surface area contributed by atoms with Crippen molar-refractivity contribution in [3.8, 4) is 0 Å². The predicted molar refractivity (Wildman–Crippen MR) is 63.5 cm³/mol. The Morgan fingerprint density at radius 1 is 1.60 bits per heavy atom. The Morgan fingerprint density at radius 2 is 2.47 bits per heavy atom. The van der Waals surface area contributed by atoms with E-state index in [1.165, 1.54) is 0 Å². The highest BCUT2D eigenvalue weighted by molar-refractivity contribution is 5.14. The van der Waals surface area contributed by atoms with Gasteiger partial charge in [-0.15, -0.1) is 0 Å². The minimum absolute atomic E-state index is 0.00667. The van der Waals surface area contributed by atoms with Crippen molar-refractivity contribution in [2.45, 2.75) is 19.3 Å². The van der Waals surface area contributed by atoms with Crippen LogP contribution in [0, 0.1) is 5.89 Å². The van der Waals surface area contributed by atoms with E-state index in [0.717, 1.165) is 4.90 Å². The van der Waals surface area contributed by atoms with Crippen LogP contribution in [0.4, 0.5) is 0 Å². The first-order chi connectivity index (χ1) is 11.3. The second kappa shape index (κ2) is 5.29. The second-order valence-corrected chi connectivity index (χ2v) is 3.33. The molecule has 1 aromatic rings. The molecule has 1 saturated heterocycles. The van der Waals surface area contributed by atoms with Crippen LogP contribution >= 0.6 is 0 Å². The zero-order valence-electron chi connectivity index (χ0n) is 18.3. The average molecular weight is 214 g/mol. The largest absolute Gasteiger partial charge is 0.330 e. The fourth-order valence-electron chi connectivity index (χ4n) is 1.42. The van der Waals surface area contributed by atoms with Crippen LogP contribution < -0.4 is 5.72 Å². The Balaban J connectivity index is 2.46. The van der Waals surface area contributed by atoms with E-state index in [4.69, 9.17) is 13.8 Å². The molecule has 1 fully saturated rings. The molecule has 1 aliphatic rings. The van der Waals surface area contributed by atoms with Gasteiger partial charge in [0.1, 0.15) is 2.82 Å². The smallest absolute Gasteiger partial charge is 0.118 e. The number of nitrogens with two attached hydrogens (primary N) is 1. The summed E-state index contributed by atoms with van der Waals surface area (Å²) in [5.41, 5.74) is 0.236. The topological polar surface area (TPSA) is 29.3 Å². The van der Waals surface area contributed by atoms with Gasteiger partial charge in [0, 0.05) is 17.5 Å². The number of rotatable bonds is 4. The highest BCUT2D eigenvalue weighted by Crippen LogP contribution is 2.17. The van der Waals surface area contributed by atoms with E-state index >= 15 is 0 Å². The maximum Gasteiger partial charge on any atom is 0.118 e. The lowest BCUT2D eigenvalue weighted by Crippen LogP contribution is -2.35. The van der Waals surface area contributed by atoms with Gasteiger partial charge in [0.2, 0.25) is 0 Å². The lowest BCUT2D eigenvalue weighted by atomic mass is 9.97. The maximum atomic E-state index is 8.30. The molecule has 0 saturated carbocycles. The van der Waals surface area contributed by atoms with Gasteiger partial charge >= 0.3 is 0 Å². The van der Waals surface area contributed by atoms with Gasteiger partial charge in [-0.3, -0.25) is 4.90 Å². The van der Waals surface area contributed by atoms with E-state index in [2.05, 4.69) is 0 Å². The van der Waals surface area contributed by atoms with Gasteiger partial charge in [-0.25, -0.2) is 0 Å². The molecule has 2 nitrogen and oxygen atoms in total. The highest BCUT2D eigenvalue weighted by Gasteiger charge is 2.17. The van der Waals surface area contributed by atoms with Crippen LogP contribution in [-0.4, -0.2) is 24.4 Å². The molecule has 2 unspecified atom stereocenters. The summed E-state index contributed by atoms with van der Waals surface area (Å²) < 4.78 is 79.2. The van der Waals surface area contributed by atoms with Gasteiger partial charge in [0.15, 0.2) is 0 Å². The van der Waals surface area contributed by atoms with Crippen LogP contribution in [0.2, 0.25) is 2.82 Å². The van der Waals surface area contributed by atoms with E-state index in [1.807, 2.05) is 0 Å². The first-order valence-corrected chi connectivity index (χ1v) is 4.79. The third-order valence-corrected chi connectivity index (χ3v) is 2.20. The molecule has 2 heteroatoms. The molecule has 0 bridgehead atoms. The second-order valence-electron chi connectivity index (χ2n) is 3.33. The number of benzene rings is 1. The van der Waals surface area contributed by atoms with Gasteiger partial charge in [-0.2, -0.15) is 0 Å². The number of likely N-dealkylation sites (tertiary alicyclic amines) is 1. The molecule has 15 heavy (non-hydrogen) atoms. The third kappa shape index (κ3) is 3.05. The van der Waals surface area contributed by atoms with Crippen molar-refractivity contribution in [1.82, 2.24) is 4.90 Å². The number of hydrogen-bond acceptors (Lipinski definition) is 2. The summed E-state index contributed by atoms with van der Waals surface area (Å²) in [6.07, 6.45) is -4.85. The molecule has 0 amide bonds. The Morgan fingerprint density at radius 3 is 3.27 bits per heavy atom. The van der Waals surface area contributed by atoms with Crippen molar-refractivity contribution >= 4 is 0 Å². The molecular weight excluding hydrogens is 184 g/mol. The summed E-state index contributed by atoms with van der Waals surface area (Å²) in [7, 11) is 0. The number of piperidine rings is 1. The Labute approximate surface area is 106 Å². The minimum atomic E-state index is -3.19. The molecule has 2 atom stereocenters. The Bertz CT molecular complexity index is 608. The van der Waals surface area contributed by atoms with Crippen molar-refractivity contribution < 1.29 is 13.8 Å². The van der Waals surface area contributed by atoms with E-state index < -0.39 is 43.9 Å². The maximum absolute atomic E-state index is 8.30. The van der Waals surface area contributed by atoms with Crippen LogP contribution in [-0.2, 0) is 6.54 Å². The molecule has 2 N–H and O–H groups in total. The normalized spacial score (nSPS) is 50.3. The number of nitrogens with zero attached hydrogens (tertiary/aromatic N) is 1. The molecule has 0 aliphatic carbocycles. The summed E-state index contributed by atoms with van der Waals surface area (Å²) in [6.45, 7) is -6.37. The van der Waals surface area contributed by atoms with E-state index in [0.29, 0.717) is 5.56 Å². The van der Waals surface area contributed by atoms with E-state index in [-0.39, 0.29) is 6.54 Å². The van der Waals surface area contributed by atoms with Crippen molar-refractivity contribution in [2.24, 2.45) is 11.6 Å². The Hall–Kier alpha value is -0.860. The van der Waals surface area contributed by atoms with Gasteiger partial charge in [-0.1, -0.05) is 30.3 Å². The first kappa shape index (κ1) is 3.86. The molecule has 2 rings (SSSR count). The molecule has 0 aromatic heterocycles. The average Bonchev–Trinajstić information content (AvgIpc) is 2.52. The monoisotopic (exact) mass is 214 g/mol. The summed E-state index contributed by atoms with van der Waals surface area (Å²) in [4.78, 5) is 1.07. The third-order valence-electron chi connectivity index (χ3n) is 2.20. The van der Waals surface area contributed by atoms with Crippen LogP contribution in [0.1, 0.15) is 29.3 Å². The van der Waals surface area contributed by atoms with Crippen molar-refractivity contribution in [2.75, 3.05) is 19.5 Å². The first-order valence-electron chi connectivity index (χ1n) is 9.76. The van der Waals surface area contributed by atoms with E-state index in [1.54, 1.807) is 30.3 Å². The zero-order valence-corrected chi connectivity index (χ0v) is 8.27. The lowest BCUT2D eigenvalue weighted by Gasteiger charge is -2.31. The van der Waals surface area contributed by atoms with Gasteiger partial charge in [0.25, 0.3) is 0 Å². The fraction of sp³-hybridized carbons (Fsp3) is 0.538. The molecule has 1 aromatic carbocycles. The lowest BCUT2D eigenvalue weighted by molar-refractivity contribution is 0.180. The fourth-order valence-corrected chi connectivity index (χ4v) is 1.42. The predicted octanol–water partition coefficient (Wildman–Crippen LogP) is 1.86. The summed E-state index contributed by atoms with van der Waals surface area (Å²) in [5, 5.41) is 0. The van der Waals surface area contributed by atoms with Crippen LogP contribution in [0.3, 0.4) is 0 Å². The van der Waals surface area contributed by atoms with Crippen molar-refractivity contribution in [3.05, 3.63) is 35.9 Å². The molecule has 1 heterocycles. The number of hydrogen-bond donors (Lipinski definition) is 1. The standard InChI is InChI=1S/C13H20N2/c14-10-12-6-8-15(9-7-12)11-13-4-2-1-3-5-13/h1-5,12H,6-11,14H2/i6D,7D2,9D2,10D2,12D/hD2. The zero-order chi connectivity index (χ0) is 19.3. The molecular formula is C13H20N2. The Kier molecular flexibility index (Phi) is 1.36. The summed E-state index contributed by atoms with van der Waals surface area (Å²) >= 11 is 0. The summed E-state index contributed by atoms with van der Waals surface area (Å²) in [6, 6.07) is 8.71. The van der Waals surface area contributed by atoms with Gasteiger partial charge < -0.3 is 5.72 Å². The molecule has 1 aliphatic heterocycles. The minimum Gasteiger partial charge on any atom is -0.330 e. The van der Waals surface area contributed by atoms with Gasteiger partial charge in [0.05, 0.1) is 0 Å². The quantitative estimate of drug-likeness (QED) is 0.829. The molecule has 0 radical (unpaired) electrons. The molecule has 0 spiro atoms. The van der Waals surface area contributed by atoms with Crippen LogP contribution in [0.5, 0.6) is 0 Å². The summed E-state index contributed by atoms with van der Waals surface area (Å²) in [5.74, 6) is -2.97. The van der Waals surface area contributed by atoms with Crippen LogP contribution in [0.15, 0.2) is 30.3 Å². The van der Waals surface area contributed by atoms with Crippen molar-refractivity contribution in [1.29, 1.82) is 0 Å².